The minimum atomic E-state index is -0.248. The highest BCUT2D eigenvalue weighted by Gasteiger charge is 2.23. The highest BCUT2D eigenvalue weighted by atomic mass is 16.1. The predicted octanol–water partition coefficient (Wildman–Crippen LogP) is 4.05. The first-order valence-electron chi connectivity index (χ1n) is 9.50. The van der Waals surface area contributed by atoms with Gasteiger partial charge in [-0.25, -0.2) is 9.97 Å². The van der Waals surface area contributed by atoms with Crippen LogP contribution in [-0.2, 0) is 0 Å². The van der Waals surface area contributed by atoms with Gasteiger partial charge in [-0.2, -0.15) is 0 Å². The van der Waals surface area contributed by atoms with E-state index in [1.165, 1.54) is 19.2 Å². The summed E-state index contributed by atoms with van der Waals surface area (Å²) < 4.78 is 0. The summed E-state index contributed by atoms with van der Waals surface area (Å²) in [7, 11) is 0. The van der Waals surface area contributed by atoms with E-state index in [9.17, 15) is 4.79 Å². The number of fused-ring (bicyclic) bond motifs is 1. The molecule has 1 fully saturated rings. The lowest BCUT2D eigenvalue weighted by molar-refractivity contribution is 0.102. The second-order valence-electron chi connectivity index (χ2n) is 6.85. The van der Waals surface area contributed by atoms with Crippen molar-refractivity contribution >= 4 is 28.3 Å². The fraction of sp³-hybridized carbons (Fsp3) is 0.333. The zero-order valence-corrected chi connectivity index (χ0v) is 15.4. The van der Waals surface area contributed by atoms with Crippen LogP contribution in [0.3, 0.4) is 0 Å². The lowest BCUT2D eigenvalue weighted by Crippen LogP contribution is -2.39. The minimum Gasteiger partial charge on any atom is -0.354 e. The highest BCUT2D eigenvalue weighted by molar-refractivity contribution is 6.07. The Morgan fingerprint density at radius 3 is 2.96 bits per heavy atom. The Morgan fingerprint density at radius 1 is 1.19 bits per heavy atom. The van der Waals surface area contributed by atoms with Gasteiger partial charge in [-0.3, -0.25) is 9.78 Å². The van der Waals surface area contributed by atoms with Crippen LogP contribution in [0.25, 0.3) is 10.9 Å². The number of amides is 1. The van der Waals surface area contributed by atoms with Crippen LogP contribution in [0.15, 0.2) is 48.9 Å². The lowest BCUT2D eigenvalue weighted by atomic mass is 10.00. The number of para-hydroxylation sites is 1. The Hall–Kier alpha value is -3.02. The number of carbonyl (C=O) groups excluding carboxylic acids is 1. The molecule has 27 heavy (non-hydrogen) atoms. The number of hydrogen-bond acceptors (Lipinski definition) is 5. The first-order chi connectivity index (χ1) is 13.3. The maximum absolute atomic E-state index is 12.8. The summed E-state index contributed by atoms with van der Waals surface area (Å²) in [6.07, 6.45) is 7.86. The van der Waals surface area contributed by atoms with Crippen molar-refractivity contribution in [2.45, 2.75) is 38.6 Å². The van der Waals surface area contributed by atoms with Gasteiger partial charge >= 0.3 is 0 Å². The van der Waals surface area contributed by atoms with E-state index in [4.69, 9.17) is 0 Å². The molecule has 3 heterocycles. The van der Waals surface area contributed by atoms with Gasteiger partial charge in [0.05, 0.1) is 11.2 Å². The molecule has 3 aromatic rings. The van der Waals surface area contributed by atoms with Crippen molar-refractivity contribution < 1.29 is 4.79 Å². The largest absolute Gasteiger partial charge is 0.354 e. The van der Waals surface area contributed by atoms with Crippen LogP contribution in [0.4, 0.5) is 11.5 Å². The highest BCUT2D eigenvalue weighted by Crippen LogP contribution is 2.26. The number of pyridine rings is 1. The molecule has 1 amide bonds. The molecule has 0 saturated carbocycles. The van der Waals surface area contributed by atoms with Crippen molar-refractivity contribution in [2.24, 2.45) is 0 Å². The molecule has 1 N–H and O–H groups in total. The fourth-order valence-corrected chi connectivity index (χ4v) is 3.75. The molecule has 2 aromatic heterocycles. The number of carbonyl (C=O) groups is 1. The Morgan fingerprint density at radius 2 is 2.07 bits per heavy atom. The molecule has 138 valence electrons. The van der Waals surface area contributed by atoms with Gasteiger partial charge in [-0.1, -0.05) is 25.1 Å². The normalized spacial score (nSPS) is 17.1. The van der Waals surface area contributed by atoms with Gasteiger partial charge in [0.15, 0.2) is 0 Å². The van der Waals surface area contributed by atoms with Gasteiger partial charge in [-0.05, 0) is 37.8 Å². The van der Waals surface area contributed by atoms with E-state index in [1.807, 2.05) is 30.3 Å². The molecule has 0 radical (unpaired) electrons. The van der Waals surface area contributed by atoms with Crippen LogP contribution in [0.5, 0.6) is 0 Å². The van der Waals surface area contributed by atoms with Crippen molar-refractivity contribution in [3.8, 4) is 0 Å². The van der Waals surface area contributed by atoms with E-state index in [2.05, 4.69) is 32.1 Å². The number of nitrogens with one attached hydrogen (secondary N) is 1. The molecule has 6 nitrogen and oxygen atoms in total. The predicted molar refractivity (Wildman–Crippen MR) is 107 cm³/mol. The maximum Gasteiger partial charge on any atom is 0.274 e. The second kappa shape index (κ2) is 7.70. The molecule has 1 saturated heterocycles. The van der Waals surface area contributed by atoms with Crippen LogP contribution in [0.1, 0.15) is 43.1 Å². The second-order valence-corrected chi connectivity index (χ2v) is 6.85. The van der Waals surface area contributed by atoms with Gasteiger partial charge in [0.1, 0.15) is 17.8 Å². The smallest absolute Gasteiger partial charge is 0.274 e. The van der Waals surface area contributed by atoms with Crippen LogP contribution in [0, 0.1) is 0 Å². The fourth-order valence-electron chi connectivity index (χ4n) is 3.75. The molecule has 1 aliphatic heterocycles. The first-order valence-corrected chi connectivity index (χ1v) is 9.50. The number of piperidine rings is 1. The van der Waals surface area contributed by atoms with E-state index in [0.717, 1.165) is 36.1 Å². The zero-order valence-electron chi connectivity index (χ0n) is 15.4. The van der Waals surface area contributed by atoms with Gasteiger partial charge in [0.25, 0.3) is 5.91 Å². The summed E-state index contributed by atoms with van der Waals surface area (Å²) in [6.45, 7) is 3.18. The Bertz CT molecular complexity index is 953. The summed E-state index contributed by atoms with van der Waals surface area (Å²) >= 11 is 0. The zero-order chi connectivity index (χ0) is 18.6. The average Bonchev–Trinajstić information content (AvgIpc) is 2.74. The van der Waals surface area contributed by atoms with Crippen LogP contribution in [0.2, 0.25) is 0 Å². The first kappa shape index (κ1) is 17.4. The SMILES string of the molecule is CCC1CCCCN1c1cc(C(=O)Nc2cccc3cccnc23)ncn1. The molecular weight excluding hydrogens is 338 g/mol. The molecule has 1 unspecified atom stereocenters. The molecule has 1 aliphatic rings. The summed E-state index contributed by atoms with van der Waals surface area (Å²) in [5, 5.41) is 3.93. The molecule has 0 spiro atoms. The monoisotopic (exact) mass is 361 g/mol. The van der Waals surface area contributed by atoms with E-state index >= 15 is 0 Å². The summed E-state index contributed by atoms with van der Waals surface area (Å²) in [5.41, 5.74) is 1.82. The molecule has 1 aromatic carbocycles. The van der Waals surface area contributed by atoms with Crippen LogP contribution >= 0.6 is 0 Å². The molecule has 4 rings (SSSR count). The molecule has 0 aliphatic carbocycles. The van der Waals surface area contributed by atoms with Crippen LogP contribution in [-0.4, -0.2) is 33.4 Å². The average molecular weight is 361 g/mol. The van der Waals surface area contributed by atoms with Gasteiger partial charge in [-0.15, -0.1) is 0 Å². The number of aromatic nitrogens is 3. The van der Waals surface area contributed by atoms with E-state index in [1.54, 1.807) is 12.3 Å². The number of anilines is 2. The number of nitrogens with zero attached hydrogens (tertiary/aromatic N) is 4. The van der Waals surface area contributed by atoms with Gasteiger partial charge < -0.3 is 10.2 Å². The summed E-state index contributed by atoms with van der Waals surface area (Å²) in [4.78, 5) is 28.1. The maximum atomic E-state index is 12.8. The summed E-state index contributed by atoms with van der Waals surface area (Å²) in [5.74, 6) is 0.583. The van der Waals surface area contributed by atoms with E-state index in [0.29, 0.717) is 17.4 Å². The summed E-state index contributed by atoms with van der Waals surface area (Å²) in [6, 6.07) is 11.9. The quantitative estimate of drug-likeness (QED) is 0.759. The van der Waals surface area contributed by atoms with Crippen molar-refractivity contribution in [3.63, 3.8) is 0 Å². The van der Waals surface area contributed by atoms with Crippen molar-refractivity contribution in [3.05, 3.63) is 54.6 Å². The lowest BCUT2D eigenvalue weighted by Gasteiger charge is -2.36. The number of benzene rings is 1. The Balaban J connectivity index is 1.59. The molecule has 6 heteroatoms. The molecular formula is C21H23N5O. The van der Waals surface area contributed by atoms with Crippen molar-refractivity contribution in [2.75, 3.05) is 16.8 Å². The third-order valence-electron chi connectivity index (χ3n) is 5.16. The van der Waals surface area contributed by atoms with E-state index in [-0.39, 0.29) is 5.91 Å². The Labute approximate surface area is 158 Å². The molecule has 1 atom stereocenters. The number of hydrogen-bond donors (Lipinski definition) is 1. The minimum absolute atomic E-state index is 0.248. The van der Waals surface area contributed by atoms with Crippen LogP contribution < -0.4 is 10.2 Å². The van der Waals surface area contributed by atoms with Crippen molar-refractivity contribution in [1.82, 2.24) is 15.0 Å². The van der Waals surface area contributed by atoms with Gasteiger partial charge in [0, 0.05) is 30.2 Å². The van der Waals surface area contributed by atoms with Gasteiger partial charge in [0.2, 0.25) is 0 Å². The third-order valence-corrected chi connectivity index (χ3v) is 5.16. The van der Waals surface area contributed by atoms with Crippen molar-refractivity contribution in [1.29, 1.82) is 0 Å². The molecule has 0 bridgehead atoms. The standard InChI is InChI=1S/C21H23N5O/c1-2-16-9-3-4-12-26(16)19-13-18(23-14-24-19)21(27)25-17-10-5-7-15-8-6-11-22-20(15)17/h5-8,10-11,13-14,16H,2-4,9,12H2,1H3,(H,25,27). The number of rotatable bonds is 4. The Kier molecular flexibility index (Phi) is 4.96. The van der Waals surface area contributed by atoms with E-state index < -0.39 is 0 Å². The topological polar surface area (TPSA) is 71.0 Å². The third kappa shape index (κ3) is 3.60.